The van der Waals surface area contributed by atoms with E-state index in [2.05, 4.69) is 10.4 Å². The third-order valence-electron chi connectivity index (χ3n) is 5.25. The number of aromatic nitrogens is 2. The first-order chi connectivity index (χ1) is 15.4. The molecule has 1 saturated heterocycles. The molecule has 1 atom stereocenters. The maximum Gasteiger partial charge on any atom is 0.276 e. The number of hydrogen-bond acceptors (Lipinski definition) is 6. The summed E-state index contributed by atoms with van der Waals surface area (Å²) in [5, 5.41) is 17.0. The molecule has 8 nitrogen and oxygen atoms in total. The van der Waals surface area contributed by atoms with Crippen LogP contribution in [0.15, 0.2) is 53.3 Å². The minimum Gasteiger partial charge on any atom is -0.324 e. The SMILES string of the molecule is CC(C)n1nc(C(=O)N2CSCC2C(=O)Nc2ccc(C#N)cc2)c2ccccc2c1=O. The summed E-state index contributed by atoms with van der Waals surface area (Å²) in [7, 11) is 0. The average Bonchev–Trinajstić information content (AvgIpc) is 3.29. The molecule has 1 fully saturated rings. The predicted molar refractivity (Wildman–Crippen MR) is 123 cm³/mol. The summed E-state index contributed by atoms with van der Waals surface area (Å²) in [4.78, 5) is 40.7. The number of carbonyl (C=O) groups is 2. The van der Waals surface area contributed by atoms with Gasteiger partial charge in [-0.1, -0.05) is 18.2 Å². The minimum absolute atomic E-state index is 0.160. The summed E-state index contributed by atoms with van der Waals surface area (Å²) in [6.45, 7) is 3.66. The molecule has 0 saturated carbocycles. The Bertz CT molecular complexity index is 1290. The lowest BCUT2D eigenvalue weighted by Crippen LogP contribution is -2.45. The van der Waals surface area contributed by atoms with Crippen molar-refractivity contribution in [3.05, 3.63) is 70.1 Å². The molecule has 32 heavy (non-hydrogen) atoms. The Morgan fingerprint density at radius 1 is 1.16 bits per heavy atom. The van der Waals surface area contributed by atoms with Gasteiger partial charge in [0.2, 0.25) is 5.91 Å². The van der Waals surface area contributed by atoms with E-state index in [0.29, 0.717) is 33.7 Å². The molecule has 0 radical (unpaired) electrons. The number of amides is 2. The Morgan fingerprint density at radius 2 is 1.84 bits per heavy atom. The van der Waals surface area contributed by atoms with E-state index in [1.165, 1.54) is 21.3 Å². The molecule has 9 heteroatoms. The van der Waals surface area contributed by atoms with Gasteiger partial charge >= 0.3 is 0 Å². The highest BCUT2D eigenvalue weighted by molar-refractivity contribution is 7.99. The summed E-state index contributed by atoms with van der Waals surface area (Å²) in [6.07, 6.45) is 0. The molecule has 2 aromatic carbocycles. The molecular formula is C23H21N5O3S. The zero-order valence-corrected chi connectivity index (χ0v) is 18.4. The van der Waals surface area contributed by atoms with Gasteiger partial charge in [-0.2, -0.15) is 10.4 Å². The van der Waals surface area contributed by atoms with Gasteiger partial charge in [0.05, 0.1) is 28.9 Å². The number of nitrogens with zero attached hydrogens (tertiary/aromatic N) is 4. The van der Waals surface area contributed by atoms with Crippen LogP contribution in [0.2, 0.25) is 0 Å². The van der Waals surface area contributed by atoms with Gasteiger partial charge in [0.25, 0.3) is 11.5 Å². The molecule has 3 aromatic rings. The number of thioether (sulfide) groups is 1. The topological polar surface area (TPSA) is 108 Å². The average molecular weight is 448 g/mol. The van der Waals surface area contributed by atoms with Crippen molar-refractivity contribution in [1.29, 1.82) is 5.26 Å². The van der Waals surface area contributed by atoms with Crippen LogP contribution in [0.3, 0.4) is 0 Å². The van der Waals surface area contributed by atoms with Gasteiger partial charge in [0, 0.05) is 16.8 Å². The second-order valence-electron chi connectivity index (χ2n) is 7.71. The van der Waals surface area contributed by atoms with Crippen LogP contribution in [0.1, 0.15) is 35.9 Å². The molecule has 1 aliphatic rings. The molecule has 1 aliphatic heterocycles. The number of nitrogens with one attached hydrogen (secondary N) is 1. The minimum atomic E-state index is -0.678. The van der Waals surface area contributed by atoms with Crippen LogP contribution < -0.4 is 10.9 Å². The number of anilines is 1. The summed E-state index contributed by atoms with van der Waals surface area (Å²) in [5.41, 5.74) is 0.954. The number of hydrogen-bond donors (Lipinski definition) is 1. The monoisotopic (exact) mass is 447 g/mol. The van der Waals surface area contributed by atoms with E-state index in [-0.39, 0.29) is 29.1 Å². The molecule has 0 spiro atoms. The van der Waals surface area contributed by atoms with Crippen LogP contribution in [0.4, 0.5) is 5.69 Å². The van der Waals surface area contributed by atoms with Gasteiger partial charge in [-0.05, 0) is 44.2 Å². The van der Waals surface area contributed by atoms with E-state index in [9.17, 15) is 14.4 Å². The van der Waals surface area contributed by atoms with Crippen molar-refractivity contribution in [3.63, 3.8) is 0 Å². The molecule has 2 amide bonds. The third-order valence-corrected chi connectivity index (χ3v) is 6.26. The highest BCUT2D eigenvalue weighted by Gasteiger charge is 2.36. The molecule has 0 aliphatic carbocycles. The summed E-state index contributed by atoms with van der Waals surface area (Å²) < 4.78 is 1.31. The van der Waals surface area contributed by atoms with Crippen LogP contribution in [-0.2, 0) is 4.79 Å². The lowest BCUT2D eigenvalue weighted by molar-refractivity contribution is -0.119. The van der Waals surface area contributed by atoms with Gasteiger partial charge in [-0.25, -0.2) is 4.68 Å². The maximum atomic E-state index is 13.5. The largest absolute Gasteiger partial charge is 0.324 e. The first kappa shape index (κ1) is 21.6. The van der Waals surface area contributed by atoms with Crippen molar-refractivity contribution in [2.75, 3.05) is 16.9 Å². The molecule has 0 bridgehead atoms. The quantitative estimate of drug-likeness (QED) is 0.659. The fraction of sp³-hybridized carbons (Fsp3) is 0.261. The third kappa shape index (κ3) is 3.97. The molecule has 1 aromatic heterocycles. The van der Waals surface area contributed by atoms with Crippen LogP contribution >= 0.6 is 11.8 Å². The normalized spacial score (nSPS) is 15.7. The van der Waals surface area contributed by atoms with Crippen molar-refractivity contribution in [2.45, 2.75) is 25.9 Å². The Hall–Kier alpha value is -3.64. The predicted octanol–water partition coefficient (Wildman–Crippen LogP) is 3.00. The lowest BCUT2D eigenvalue weighted by Gasteiger charge is -2.24. The number of benzene rings is 2. The van der Waals surface area contributed by atoms with E-state index in [0.717, 1.165) is 0 Å². The van der Waals surface area contributed by atoms with Crippen molar-refractivity contribution >= 4 is 40.0 Å². The zero-order chi connectivity index (χ0) is 22.8. The fourth-order valence-electron chi connectivity index (χ4n) is 3.56. The van der Waals surface area contributed by atoms with Gasteiger partial charge in [0.15, 0.2) is 5.69 Å². The molecule has 1 unspecified atom stereocenters. The van der Waals surface area contributed by atoms with Gasteiger partial charge in [-0.3, -0.25) is 14.4 Å². The van der Waals surface area contributed by atoms with E-state index in [4.69, 9.17) is 5.26 Å². The van der Waals surface area contributed by atoms with Crippen LogP contribution in [0, 0.1) is 11.3 Å². The van der Waals surface area contributed by atoms with Crippen molar-refractivity contribution in [3.8, 4) is 6.07 Å². The van der Waals surface area contributed by atoms with Crippen molar-refractivity contribution in [2.24, 2.45) is 0 Å². The lowest BCUT2D eigenvalue weighted by atomic mass is 10.1. The first-order valence-electron chi connectivity index (χ1n) is 10.1. The van der Waals surface area contributed by atoms with E-state index in [1.807, 2.05) is 19.9 Å². The zero-order valence-electron chi connectivity index (χ0n) is 17.6. The standard InChI is InChI=1S/C23H21N5O3S/c1-14(2)28-22(30)18-6-4-3-5-17(18)20(26-28)23(31)27-13-32-12-19(27)21(29)25-16-9-7-15(11-24)8-10-16/h3-10,14,19H,12-13H2,1-2H3,(H,25,29). The number of fused-ring (bicyclic) bond motifs is 1. The molecule has 162 valence electrons. The van der Waals surface area contributed by atoms with Crippen LogP contribution in [0.5, 0.6) is 0 Å². The Balaban J connectivity index is 1.66. The second kappa shape index (κ2) is 8.85. The first-order valence-corrected chi connectivity index (χ1v) is 11.3. The number of nitriles is 1. The van der Waals surface area contributed by atoms with Crippen molar-refractivity contribution < 1.29 is 9.59 Å². The van der Waals surface area contributed by atoms with E-state index in [1.54, 1.807) is 48.5 Å². The second-order valence-corrected chi connectivity index (χ2v) is 8.71. The Kier molecular flexibility index (Phi) is 5.97. The molecule has 4 rings (SSSR count). The van der Waals surface area contributed by atoms with Gasteiger partial charge < -0.3 is 10.2 Å². The van der Waals surface area contributed by atoms with E-state index < -0.39 is 6.04 Å². The number of carbonyl (C=O) groups excluding carboxylic acids is 2. The highest BCUT2D eigenvalue weighted by Crippen LogP contribution is 2.26. The fourth-order valence-corrected chi connectivity index (χ4v) is 4.72. The highest BCUT2D eigenvalue weighted by atomic mass is 32.2. The van der Waals surface area contributed by atoms with Crippen molar-refractivity contribution in [1.82, 2.24) is 14.7 Å². The van der Waals surface area contributed by atoms with Crippen LogP contribution in [0.25, 0.3) is 10.8 Å². The Labute approximate surface area is 188 Å². The molecule has 2 heterocycles. The summed E-state index contributed by atoms with van der Waals surface area (Å²) in [6, 6.07) is 14.6. The van der Waals surface area contributed by atoms with Crippen LogP contribution in [-0.4, -0.2) is 44.2 Å². The smallest absolute Gasteiger partial charge is 0.276 e. The van der Waals surface area contributed by atoms with Gasteiger partial charge in [-0.15, -0.1) is 11.8 Å². The molecule has 1 N–H and O–H groups in total. The Morgan fingerprint density at radius 3 is 2.50 bits per heavy atom. The molecular weight excluding hydrogens is 426 g/mol. The maximum absolute atomic E-state index is 13.5. The summed E-state index contributed by atoms with van der Waals surface area (Å²) in [5.74, 6) is 0.103. The van der Waals surface area contributed by atoms with E-state index >= 15 is 0 Å². The number of rotatable bonds is 4. The van der Waals surface area contributed by atoms with Gasteiger partial charge in [0.1, 0.15) is 6.04 Å². The summed E-state index contributed by atoms with van der Waals surface area (Å²) >= 11 is 1.48.